The zero-order valence-corrected chi connectivity index (χ0v) is 12.6. The van der Waals surface area contributed by atoms with Gasteiger partial charge in [0.2, 0.25) is 0 Å². The number of aromatic nitrogens is 2. The molecule has 1 aromatic heterocycles. The summed E-state index contributed by atoms with van der Waals surface area (Å²) >= 11 is 0. The molecule has 0 bridgehead atoms. The molecule has 0 radical (unpaired) electrons. The van der Waals surface area contributed by atoms with E-state index in [2.05, 4.69) is 37.5 Å². The Morgan fingerprint density at radius 2 is 2.11 bits per heavy atom. The molecule has 108 valence electrons. The first kappa shape index (κ1) is 14.4. The Kier molecular flexibility index (Phi) is 4.19. The number of nitrogen functional groups attached to an aromatic ring is 1. The zero-order valence-electron chi connectivity index (χ0n) is 12.6. The minimum Gasteiger partial charge on any atom is -0.382 e. The molecule has 1 saturated carbocycles. The Morgan fingerprint density at radius 1 is 1.42 bits per heavy atom. The first-order valence-electron chi connectivity index (χ1n) is 7.39. The SMILES string of the molecule is CCCCO[C@H]1C[C@H](n2nc(N)cc2C(C)(C)C)C1. The second-order valence-corrected chi connectivity index (χ2v) is 6.62. The van der Waals surface area contributed by atoms with Gasteiger partial charge in [-0.25, -0.2) is 0 Å². The van der Waals surface area contributed by atoms with Crippen LogP contribution in [0, 0.1) is 0 Å². The van der Waals surface area contributed by atoms with Gasteiger partial charge in [-0.15, -0.1) is 0 Å². The van der Waals surface area contributed by atoms with Crippen LogP contribution in [0.4, 0.5) is 5.82 Å². The summed E-state index contributed by atoms with van der Waals surface area (Å²) in [6, 6.07) is 2.46. The Balaban J connectivity index is 1.94. The molecule has 1 aliphatic carbocycles. The maximum atomic E-state index is 5.86. The van der Waals surface area contributed by atoms with Gasteiger partial charge in [-0.2, -0.15) is 5.10 Å². The molecule has 1 fully saturated rings. The summed E-state index contributed by atoms with van der Waals surface area (Å²) in [7, 11) is 0. The van der Waals surface area contributed by atoms with E-state index in [0.717, 1.165) is 25.9 Å². The Labute approximate surface area is 116 Å². The summed E-state index contributed by atoms with van der Waals surface area (Å²) in [4.78, 5) is 0. The van der Waals surface area contributed by atoms with E-state index >= 15 is 0 Å². The van der Waals surface area contributed by atoms with Crippen LogP contribution in [0.1, 0.15) is 65.1 Å². The van der Waals surface area contributed by atoms with E-state index in [0.29, 0.717) is 18.0 Å². The number of hydrogen-bond donors (Lipinski definition) is 1. The molecule has 1 heterocycles. The average molecular weight is 265 g/mol. The number of unbranched alkanes of at least 4 members (excludes halogenated alkanes) is 1. The topological polar surface area (TPSA) is 53.1 Å². The Bertz CT molecular complexity index is 414. The number of anilines is 1. The third-order valence-electron chi connectivity index (χ3n) is 3.79. The second kappa shape index (κ2) is 5.53. The van der Waals surface area contributed by atoms with Gasteiger partial charge in [0, 0.05) is 23.8 Å². The lowest BCUT2D eigenvalue weighted by Crippen LogP contribution is -2.36. The molecule has 19 heavy (non-hydrogen) atoms. The summed E-state index contributed by atoms with van der Waals surface area (Å²) in [5, 5.41) is 4.47. The number of nitrogens with zero attached hydrogens (tertiary/aromatic N) is 2. The van der Waals surface area contributed by atoms with Crippen molar-refractivity contribution in [2.24, 2.45) is 0 Å². The van der Waals surface area contributed by atoms with Gasteiger partial charge < -0.3 is 10.5 Å². The number of rotatable bonds is 5. The van der Waals surface area contributed by atoms with Crippen molar-refractivity contribution >= 4 is 5.82 Å². The van der Waals surface area contributed by atoms with Gasteiger partial charge in [-0.1, -0.05) is 34.1 Å². The standard InChI is InChI=1S/C15H27N3O/c1-5-6-7-19-12-8-11(9-12)18-13(15(2,3)4)10-14(16)17-18/h10-12H,5-9H2,1-4H3,(H2,16,17)/t11-,12-. The molecule has 0 aliphatic heterocycles. The molecule has 4 nitrogen and oxygen atoms in total. The van der Waals surface area contributed by atoms with Crippen molar-refractivity contribution in [2.45, 2.75) is 70.9 Å². The highest BCUT2D eigenvalue weighted by atomic mass is 16.5. The highest BCUT2D eigenvalue weighted by Crippen LogP contribution is 2.38. The molecule has 1 aliphatic rings. The fourth-order valence-electron chi connectivity index (χ4n) is 2.52. The van der Waals surface area contributed by atoms with E-state index in [1.807, 2.05) is 6.07 Å². The van der Waals surface area contributed by atoms with E-state index < -0.39 is 0 Å². The van der Waals surface area contributed by atoms with Crippen LogP contribution in [0.25, 0.3) is 0 Å². The van der Waals surface area contributed by atoms with Crippen molar-refractivity contribution in [3.05, 3.63) is 11.8 Å². The van der Waals surface area contributed by atoms with Crippen molar-refractivity contribution in [3.8, 4) is 0 Å². The monoisotopic (exact) mass is 265 g/mol. The predicted octanol–water partition coefficient (Wildman–Crippen LogP) is 3.28. The lowest BCUT2D eigenvalue weighted by molar-refractivity contribution is -0.0307. The minimum absolute atomic E-state index is 0.0821. The van der Waals surface area contributed by atoms with Crippen molar-refractivity contribution in [1.29, 1.82) is 0 Å². The Morgan fingerprint density at radius 3 is 2.68 bits per heavy atom. The highest BCUT2D eigenvalue weighted by molar-refractivity contribution is 5.33. The maximum absolute atomic E-state index is 5.86. The summed E-state index contributed by atoms with van der Waals surface area (Å²) in [6.45, 7) is 9.69. The molecule has 1 aromatic rings. The molecule has 2 N–H and O–H groups in total. The van der Waals surface area contributed by atoms with Crippen molar-refractivity contribution in [1.82, 2.24) is 9.78 Å². The maximum Gasteiger partial charge on any atom is 0.145 e. The summed E-state index contributed by atoms with van der Waals surface area (Å²) in [6.07, 6.45) is 4.89. The van der Waals surface area contributed by atoms with Crippen LogP contribution >= 0.6 is 0 Å². The van der Waals surface area contributed by atoms with Gasteiger partial charge in [-0.05, 0) is 19.3 Å². The highest BCUT2D eigenvalue weighted by Gasteiger charge is 2.35. The molecule has 0 aromatic carbocycles. The fraction of sp³-hybridized carbons (Fsp3) is 0.800. The van der Waals surface area contributed by atoms with Crippen LogP contribution in [-0.4, -0.2) is 22.5 Å². The number of nitrogens with two attached hydrogens (primary N) is 1. The van der Waals surface area contributed by atoms with Crippen molar-refractivity contribution < 1.29 is 4.74 Å². The molecular formula is C15H27N3O. The summed E-state index contributed by atoms with van der Waals surface area (Å²) in [5.74, 6) is 0.625. The average Bonchev–Trinajstić information content (AvgIpc) is 2.63. The number of ether oxygens (including phenoxy) is 1. The molecule has 0 atom stereocenters. The molecule has 0 unspecified atom stereocenters. The van der Waals surface area contributed by atoms with Crippen LogP contribution in [0.3, 0.4) is 0 Å². The fourth-order valence-corrected chi connectivity index (χ4v) is 2.52. The van der Waals surface area contributed by atoms with Crippen LogP contribution in [0.5, 0.6) is 0 Å². The van der Waals surface area contributed by atoms with Crippen LogP contribution in [-0.2, 0) is 10.2 Å². The van der Waals surface area contributed by atoms with E-state index in [1.165, 1.54) is 12.1 Å². The number of hydrogen-bond acceptors (Lipinski definition) is 3. The van der Waals surface area contributed by atoms with Crippen LogP contribution in [0.2, 0.25) is 0 Å². The van der Waals surface area contributed by atoms with Gasteiger partial charge in [-0.3, -0.25) is 4.68 Å². The normalized spacial score (nSPS) is 23.4. The molecule has 0 spiro atoms. The first-order valence-corrected chi connectivity index (χ1v) is 7.39. The van der Waals surface area contributed by atoms with E-state index in [-0.39, 0.29) is 5.41 Å². The third-order valence-corrected chi connectivity index (χ3v) is 3.79. The Hall–Kier alpha value is -1.03. The third kappa shape index (κ3) is 3.30. The van der Waals surface area contributed by atoms with Gasteiger partial charge in [0.15, 0.2) is 0 Å². The van der Waals surface area contributed by atoms with E-state index in [1.54, 1.807) is 0 Å². The van der Waals surface area contributed by atoms with Gasteiger partial charge in [0.1, 0.15) is 5.82 Å². The largest absolute Gasteiger partial charge is 0.382 e. The molecular weight excluding hydrogens is 238 g/mol. The molecule has 4 heteroatoms. The zero-order chi connectivity index (χ0) is 14.0. The molecule has 2 rings (SSSR count). The van der Waals surface area contributed by atoms with Gasteiger partial charge in [0.05, 0.1) is 12.1 Å². The quantitative estimate of drug-likeness (QED) is 0.831. The lowest BCUT2D eigenvalue weighted by atomic mass is 9.86. The summed E-state index contributed by atoms with van der Waals surface area (Å²) < 4.78 is 7.95. The minimum atomic E-state index is 0.0821. The first-order chi connectivity index (χ1) is 8.91. The molecule has 0 amide bonds. The second-order valence-electron chi connectivity index (χ2n) is 6.62. The smallest absolute Gasteiger partial charge is 0.145 e. The predicted molar refractivity (Wildman–Crippen MR) is 78.3 cm³/mol. The van der Waals surface area contributed by atoms with Crippen molar-refractivity contribution in [3.63, 3.8) is 0 Å². The summed E-state index contributed by atoms with van der Waals surface area (Å²) in [5.41, 5.74) is 7.17. The van der Waals surface area contributed by atoms with Crippen LogP contribution < -0.4 is 5.73 Å². The molecule has 0 saturated heterocycles. The van der Waals surface area contributed by atoms with Crippen molar-refractivity contribution in [2.75, 3.05) is 12.3 Å². The van der Waals surface area contributed by atoms with E-state index in [9.17, 15) is 0 Å². The van der Waals surface area contributed by atoms with Crippen LogP contribution in [0.15, 0.2) is 6.07 Å². The lowest BCUT2D eigenvalue weighted by Gasteiger charge is -2.37. The van der Waals surface area contributed by atoms with E-state index in [4.69, 9.17) is 10.5 Å². The van der Waals surface area contributed by atoms with Gasteiger partial charge >= 0.3 is 0 Å². The van der Waals surface area contributed by atoms with Gasteiger partial charge in [0.25, 0.3) is 0 Å².